The van der Waals surface area contributed by atoms with Gasteiger partial charge in [-0.1, -0.05) is 19.9 Å². The number of anilines is 1. The molecule has 1 aromatic heterocycles. The molecule has 1 fully saturated rings. The Bertz CT molecular complexity index is 803. The van der Waals surface area contributed by atoms with Crippen LogP contribution in [0.25, 0.3) is 0 Å². The van der Waals surface area contributed by atoms with Gasteiger partial charge in [0.05, 0.1) is 11.4 Å². The molecule has 1 aliphatic carbocycles. The number of pyridine rings is 1. The molecular weight excluding hydrogens is 334 g/mol. The molecule has 3 rings (SSSR count). The summed E-state index contributed by atoms with van der Waals surface area (Å²) < 4.78 is 28.0. The van der Waals surface area contributed by atoms with E-state index < -0.39 is 11.6 Å². The quantitative estimate of drug-likeness (QED) is 0.679. The fourth-order valence-electron chi connectivity index (χ4n) is 3.20. The van der Waals surface area contributed by atoms with Crippen molar-refractivity contribution in [2.75, 3.05) is 5.32 Å². The average molecular weight is 358 g/mol. The van der Waals surface area contributed by atoms with E-state index in [2.05, 4.69) is 10.3 Å². The van der Waals surface area contributed by atoms with Crippen LogP contribution in [0, 0.1) is 17.6 Å². The summed E-state index contributed by atoms with van der Waals surface area (Å²) in [4.78, 5) is 17.3. The van der Waals surface area contributed by atoms with E-state index in [1.54, 1.807) is 24.4 Å². The van der Waals surface area contributed by atoms with Crippen LogP contribution in [0.15, 0.2) is 30.5 Å². The summed E-state index contributed by atoms with van der Waals surface area (Å²) in [6.07, 6.45) is 5.28. The van der Waals surface area contributed by atoms with E-state index >= 15 is 0 Å². The third kappa shape index (κ3) is 3.92. The van der Waals surface area contributed by atoms with E-state index in [-0.39, 0.29) is 23.4 Å². The standard InChI is InChI=1S/C21H24F2N2O/c1-3-13(21(26)16-6-5-11-24-18(16)4-2)12-14-7-10-17(22)19(23)20(14)25-15-8-9-15/h5-7,10-11,13,15,25H,3-4,8-9,12H2,1-2H3. The minimum absolute atomic E-state index is 0.0135. The number of aromatic nitrogens is 1. The van der Waals surface area contributed by atoms with Crippen LogP contribution in [-0.4, -0.2) is 16.8 Å². The number of Topliss-reactive ketones (excluding diaryl/α,β-unsaturated/α-hetero) is 1. The predicted octanol–water partition coefficient (Wildman–Crippen LogP) is 4.95. The summed E-state index contributed by atoms with van der Waals surface area (Å²) in [5, 5.41) is 3.09. The Morgan fingerprint density at radius 1 is 1.27 bits per heavy atom. The first-order chi connectivity index (χ1) is 12.5. The van der Waals surface area contributed by atoms with Crippen LogP contribution in [0.3, 0.4) is 0 Å². The van der Waals surface area contributed by atoms with Crippen LogP contribution in [0.5, 0.6) is 0 Å². The van der Waals surface area contributed by atoms with Crippen LogP contribution in [0.2, 0.25) is 0 Å². The maximum atomic E-state index is 14.3. The van der Waals surface area contributed by atoms with Gasteiger partial charge in [0.1, 0.15) is 0 Å². The van der Waals surface area contributed by atoms with Crippen molar-refractivity contribution in [3.63, 3.8) is 0 Å². The Morgan fingerprint density at radius 2 is 2.04 bits per heavy atom. The number of aryl methyl sites for hydroxylation is 1. The third-order valence-electron chi connectivity index (χ3n) is 4.93. The highest BCUT2D eigenvalue weighted by molar-refractivity contribution is 5.99. The van der Waals surface area contributed by atoms with E-state index in [1.807, 2.05) is 13.8 Å². The zero-order valence-electron chi connectivity index (χ0n) is 15.2. The molecule has 0 bridgehead atoms. The number of hydrogen-bond donors (Lipinski definition) is 1. The van der Waals surface area contributed by atoms with Gasteiger partial charge in [0, 0.05) is 23.7 Å². The maximum Gasteiger partial charge on any atom is 0.182 e. The number of carbonyl (C=O) groups excluding carboxylic acids is 1. The minimum Gasteiger partial charge on any atom is -0.380 e. The highest BCUT2D eigenvalue weighted by atomic mass is 19.2. The Hall–Kier alpha value is -2.30. The summed E-state index contributed by atoms with van der Waals surface area (Å²) in [6.45, 7) is 3.91. The van der Waals surface area contributed by atoms with Crippen molar-refractivity contribution < 1.29 is 13.6 Å². The summed E-state index contributed by atoms with van der Waals surface area (Å²) >= 11 is 0. The van der Waals surface area contributed by atoms with Crippen molar-refractivity contribution in [2.45, 2.75) is 52.0 Å². The van der Waals surface area contributed by atoms with Gasteiger partial charge in [0.2, 0.25) is 0 Å². The first kappa shape index (κ1) is 18.5. The number of ketones is 1. The smallest absolute Gasteiger partial charge is 0.182 e. The van der Waals surface area contributed by atoms with Crippen molar-refractivity contribution in [1.29, 1.82) is 0 Å². The van der Waals surface area contributed by atoms with E-state index in [1.165, 1.54) is 0 Å². The zero-order valence-corrected chi connectivity index (χ0v) is 15.2. The van der Waals surface area contributed by atoms with E-state index in [0.717, 1.165) is 24.6 Å². The van der Waals surface area contributed by atoms with Crippen LogP contribution in [0.1, 0.15) is 54.7 Å². The second kappa shape index (κ2) is 7.94. The largest absolute Gasteiger partial charge is 0.380 e. The molecule has 1 atom stereocenters. The molecule has 3 nitrogen and oxygen atoms in total. The van der Waals surface area contributed by atoms with Gasteiger partial charge in [0.25, 0.3) is 0 Å². The highest BCUT2D eigenvalue weighted by Crippen LogP contribution is 2.32. The first-order valence-electron chi connectivity index (χ1n) is 9.26. The molecule has 138 valence electrons. The lowest BCUT2D eigenvalue weighted by Crippen LogP contribution is -2.20. The zero-order chi connectivity index (χ0) is 18.7. The lowest BCUT2D eigenvalue weighted by molar-refractivity contribution is 0.0914. The van der Waals surface area contributed by atoms with Crippen molar-refractivity contribution in [2.24, 2.45) is 5.92 Å². The number of halogens is 2. The van der Waals surface area contributed by atoms with Gasteiger partial charge in [-0.15, -0.1) is 0 Å². The molecule has 1 aliphatic rings. The summed E-state index contributed by atoms with van der Waals surface area (Å²) in [7, 11) is 0. The Kier molecular flexibility index (Phi) is 5.64. The molecule has 0 saturated heterocycles. The van der Waals surface area contributed by atoms with Crippen molar-refractivity contribution in [3.05, 3.63) is 58.9 Å². The number of nitrogens with zero attached hydrogens (tertiary/aromatic N) is 1. The second-order valence-corrected chi connectivity index (χ2v) is 6.84. The lowest BCUT2D eigenvalue weighted by Gasteiger charge is -2.19. The van der Waals surface area contributed by atoms with Gasteiger partial charge < -0.3 is 5.32 Å². The molecule has 1 aromatic carbocycles. The first-order valence-corrected chi connectivity index (χ1v) is 9.26. The summed E-state index contributed by atoms with van der Waals surface area (Å²) in [5.74, 6) is -2.00. The van der Waals surface area contributed by atoms with Gasteiger partial charge >= 0.3 is 0 Å². The van der Waals surface area contributed by atoms with Gasteiger partial charge in [0.15, 0.2) is 17.4 Å². The topological polar surface area (TPSA) is 42.0 Å². The number of hydrogen-bond acceptors (Lipinski definition) is 3. The van der Waals surface area contributed by atoms with Crippen LogP contribution in [-0.2, 0) is 12.8 Å². The van der Waals surface area contributed by atoms with E-state index in [9.17, 15) is 13.6 Å². The third-order valence-corrected chi connectivity index (χ3v) is 4.93. The van der Waals surface area contributed by atoms with E-state index in [0.29, 0.717) is 30.4 Å². The summed E-state index contributed by atoms with van der Waals surface area (Å²) in [5.41, 5.74) is 2.26. The summed E-state index contributed by atoms with van der Waals surface area (Å²) in [6, 6.07) is 6.48. The van der Waals surface area contributed by atoms with Crippen LogP contribution >= 0.6 is 0 Å². The molecule has 2 aromatic rings. The van der Waals surface area contributed by atoms with Crippen molar-refractivity contribution in [1.82, 2.24) is 4.98 Å². The molecule has 1 unspecified atom stereocenters. The van der Waals surface area contributed by atoms with Crippen molar-refractivity contribution in [3.8, 4) is 0 Å². The maximum absolute atomic E-state index is 14.3. The number of benzene rings is 1. The number of rotatable bonds is 8. The Labute approximate surface area is 152 Å². The molecule has 5 heteroatoms. The van der Waals surface area contributed by atoms with Crippen LogP contribution in [0.4, 0.5) is 14.5 Å². The Balaban J connectivity index is 1.88. The van der Waals surface area contributed by atoms with Crippen LogP contribution < -0.4 is 5.32 Å². The van der Waals surface area contributed by atoms with Crippen molar-refractivity contribution >= 4 is 11.5 Å². The van der Waals surface area contributed by atoms with Gasteiger partial charge in [-0.3, -0.25) is 9.78 Å². The Morgan fingerprint density at radius 3 is 2.69 bits per heavy atom. The molecule has 0 amide bonds. The molecule has 0 spiro atoms. The number of carbonyl (C=O) groups is 1. The van der Waals surface area contributed by atoms with E-state index in [4.69, 9.17) is 0 Å². The second-order valence-electron chi connectivity index (χ2n) is 6.84. The number of nitrogens with one attached hydrogen (secondary N) is 1. The SMILES string of the molecule is CCc1ncccc1C(=O)C(CC)Cc1ccc(F)c(F)c1NC1CC1. The fraction of sp³-hybridized carbons (Fsp3) is 0.429. The highest BCUT2D eigenvalue weighted by Gasteiger charge is 2.27. The monoisotopic (exact) mass is 358 g/mol. The molecule has 1 saturated carbocycles. The van der Waals surface area contributed by atoms with Gasteiger partial charge in [-0.2, -0.15) is 0 Å². The molecule has 0 aliphatic heterocycles. The minimum atomic E-state index is -0.864. The molecular formula is C21H24F2N2O. The molecule has 1 N–H and O–H groups in total. The van der Waals surface area contributed by atoms with Gasteiger partial charge in [-0.25, -0.2) is 8.78 Å². The molecule has 1 heterocycles. The normalized spacial score (nSPS) is 14.9. The predicted molar refractivity (Wildman–Crippen MR) is 98.4 cm³/mol. The molecule has 26 heavy (non-hydrogen) atoms. The lowest BCUT2D eigenvalue weighted by atomic mass is 9.87. The average Bonchev–Trinajstić information content (AvgIpc) is 3.48. The fourth-order valence-corrected chi connectivity index (χ4v) is 3.20. The van der Waals surface area contributed by atoms with Gasteiger partial charge in [-0.05, 0) is 55.9 Å². The molecule has 0 radical (unpaired) electrons.